The van der Waals surface area contributed by atoms with Crippen molar-refractivity contribution in [3.63, 3.8) is 0 Å². The third-order valence-electron chi connectivity index (χ3n) is 3.56. The second kappa shape index (κ2) is 6.41. The van der Waals surface area contributed by atoms with E-state index in [2.05, 4.69) is 72.1 Å². The molecule has 23 heavy (non-hydrogen) atoms. The molecule has 2 aromatic carbocycles. The summed E-state index contributed by atoms with van der Waals surface area (Å²) < 4.78 is 0. The van der Waals surface area contributed by atoms with Gasteiger partial charge in [0, 0.05) is 17.2 Å². The van der Waals surface area contributed by atoms with Crippen LogP contribution in [0.4, 0.5) is 0 Å². The molecule has 2 heterocycles. The zero-order chi connectivity index (χ0) is 15.5. The molecule has 0 bridgehead atoms. The Kier molecular flexibility index (Phi) is 3.97. The van der Waals surface area contributed by atoms with Crippen LogP contribution in [0.1, 0.15) is 0 Å². The minimum absolute atomic E-state index is 1.02. The molecule has 0 saturated heterocycles. The van der Waals surface area contributed by atoms with Gasteiger partial charge in [0.25, 0.3) is 11.3 Å². The average molecular weight is 332 g/mol. The van der Waals surface area contributed by atoms with Gasteiger partial charge in [0.1, 0.15) is 4.88 Å². The van der Waals surface area contributed by atoms with Crippen LogP contribution in [-0.2, 0) is 0 Å². The second-order valence-corrected chi connectivity index (χ2v) is 7.10. The number of benzene rings is 2. The van der Waals surface area contributed by atoms with E-state index in [9.17, 15) is 0 Å². The summed E-state index contributed by atoms with van der Waals surface area (Å²) in [7, 11) is 0. The SMILES string of the molecule is c1ccc(-c2cc(-c3ccccc3)[s+]c(-c3cccs3)n2)cc1. The molecule has 0 N–H and O–H groups in total. The van der Waals surface area contributed by atoms with Crippen LogP contribution < -0.4 is 0 Å². The Labute approximate surface area is 143 Å². The standard InChI is InChI=1S/C20H14NS2/c1-3-8-15(9-4-1)17-14-19(16-10-5-2-6-11-16)23-20(21-17)18-12-7-13-22-18/h1-14H/q+1. The molecule has 0 amide bonds. The Bertz CT molecular complexity index is 843. The molecule has 0 aliphatic carbocycles. The molecule has 0 unspecified atom stereocenters. The maximum absolute atomic E-state index is 4.90. The summed E-state index contributed by atoms with van der Waals surface area (Å²) >= 11 is 3.47. The van der Waals surface area contributed by atoms with Gasteiger partial charge in [-0.2, -0.15) is 4.98 Å². The topological polar surface area (TPSA) is 12.9 Å². The van der Waals surface area contributed by atoms with Crippen LogP contribution in [0, 0.1) is 0 Å². The molecular weight excluding hydrogens is 318 g/mol. The van der Waals surface area contributed by atoms with Gasteiger partial charge >= 0.3 is 5.01 Å². The van der Waals surface area contributed by atoms with Crippen molar-refractivity contribution in [1.82, 2.24) is 4.98 Å². The molecule has 0 saturated carbocycles. The Balaban J connectivity index is 1.91. The fourth-order valence-corrected chi connectivity index (χ4v) is 4.25. The van der Waals surface area contributed by atoms with Crippen molar-refractivity contribution < 1.29 is 0 Å². The maximum atomic E-state index is 4.90. The Hall–Kier alpha value is -2.36. The predicted molar refractivity (Wildman–Crippen MR) is 101 cm³/mol. The molecule has 4 rings (SSSR count). The Morgan fingerprint density at radius 2 is 1.43 bits per heavy atom. The summed E-state index contributed by atoms with van der Waals surface area (Å²) in [6, 6.07) is 27.3. The highest BCUT2D eigenvalue weighted by Gasteiger charge is 2.21. The maximum Gasteiger partial charge on any atom is 0.341 e. The van der Waals surface area contributed by atoms with E-state index in [1.165, 1.54) is 15.3 Å². The van der Waals surface area contributed by atoms with E-state index in [1.54, 1.807) is 22.7 Å². The number of thiophene rings is 1. The number of aromatic nitrogens is 1. The first-order valence-electron chi connectivity index (χ1n) is 7.40. The van der Waals surface area contributed by atoms with Gasteiger partial charge in [0.2, 0.25) is 4.88 Å². The van der Waals surface area contributed by atoms with Gasteiger partial charge in [-0.05, 0) is 23.6 Å². The molecule has 0 spiro atoms. The third-order valence-corrected chi connectivity index (χ3v) is 5.64. The van der Waals surface area contributed by atoms with Crippen LogP contribution in [0.2, 0.25) is 0 Å². The van der Waals surface area contributed by atoms with Crippen molar-refractivity contribution in [2.75, 3.05) is 0 Å². The summed E-state index contributed by atoms with van der Waals surface area (Å²) in [5, 5.41) is 3.17. The quantitative estimate of drug-likeness (QED) is 0.391. The number of rotatable bonds is 3. The van der Waals surface area contributed by atoms with Crippen molar-refractivity contribution in [3.8, 4) is 31.6 Å². The van der Waals surface area contributed by atoms with E-state index in [4.69, 9.17) is 4.98 Å². The van der Waals surface area contributed by atoms with Gasteiger partial charge < -0.3 is 0 Å². The van der Waals surface area contributed by atoms with Gasteiger partial charge in [-0.15, -0.1) is 11.3 Å². The summed E-state index contributed by atoms with van der Waals surface area (Å²) in [5.74, 6) is 0. The van der Waals surface area contributed by atoms with Crippen LogP contribution in [0.25, 0.3) is 31.6 Å². The molecule has 0 atom stereocenters. The molecule has 0 aliphatic rings. The zero-order valence-electron chi connectivity index (χ0n) is 12.3. The van der Waals surface area contributed by atoms with E-state index in [0.29, 0.717) is 0 Å². The van der Waals surface area contributed by atoms with Gasteiger partial charge in [-0.3, -0.25) is 0 Å². The molecule has 0 fully saturated rings. The smallest absolute Gasteiger partial charge is 0.192 e. The number of hydrogen-bond donors (Lipinski definition) is 0. The lowest BCUT2D eigenvalue weighted by atomic mass is 10.1. The minimum atomic E-state index is 1.02. The summed E-state index contributed by atoms with van der Waals surface area (Å²) in [5.41, 5.74) is 3.40. The van der Waals surface area contributed by atoms with Gasteiger partial charge in [-0.25, -0.2) is 0 Å². The summed E-state index contributed by atoms with van der Waals surface area (Å²) in [6.45, 7) is 0. The minimum Gasteiger partial charge on any atom is -0.192 e. The van der Waals surface area contributed by atoms with E-state index in [1.807, 2.05) is 12.1 Å². The number of hydrogen-bond acceptors (Lipinski definition) is 2. The first-order valence-corrected chi connectivity index (χ1v) is 9.10. The molecule has 0 aliphatic heterocycles. The molecular formula is C20H14NS2+. The zero-order valence-corrected chi connectivity index (χ0v) is 14.0. The largest absolute Gasteiger partial charge is 0.341 e. The highest BCUT2D eigenvalue weighted by molar-refractivity contribution is 7.22. The van der Waals surface area contributed by atoms with Crippen molar-refractivity contribution >= 4 is 22.7 Å². The summed E-state index contributed by atoms with van der Waals surface area (Å²) in [4.78, 5) is 7.35. The fraction of sp³-hybridized carbons (Fsp3) is 0. The van der Waals surface area contributed by atoms with E-state index < -0.39 is 0 Å². The van der Waals surface area contributed by atoms with E-state index in [-0.39, 0.29) is 0 Å². The van der Waals surface area contributed by atoms with Crippen molar-refractivity contribution in [2.45, 2.75) is 0 Å². The molecule has 1 nitrogen and oxygen atoms in total. The van der Waals surface area contributed by atoms with Gasteiger partial charge in [0.15, 0.2) is 0 Å². The van der Waals surface area contributed by atoms with Gasteiger partial charge in [0.05, 0.1) is 5.69 Å². The first-order chi connectivity index (χ1) is 11.4. The highest BCUT2D eigenvalue weighted by Crippen LogP contribution is 2.36. The normalized spacial score (nSPS) is 10.6. The average Bonchev–Trinajstić information content (AvgIpc) is 3.18. The summed E-state index contributed by atoms with van der Waals surface area (Å²) in [6.07, 6.45) is 0. The van der Waals surface area contributed by atoms with E-state index >= 15 is 0 Å². The lowest BCUT2D eigenvalue weighted by Gasteiger charge is -2.00. The molecule has 3 heteroatoms. The van der Waals surface area contributed by atoms with Crippen molar-refractivity contribution in [3.05, 3.63) is 84.2 Å². The van der Waals surface area contributed by atoms with Crippen LogP contribution >= 0.6 is 22.7 Å². The lowest BCUT2D eigenvalue weighted by molar-refractivity contribution is 1.38. The van der Waals surface area contributed by atoms with Gasteiger partial charge in [-0.1, -0.05) is 54.6 Å². The van der Waals surface area contributed by atoms with Crippen LogP contribution in [0.3, 0.4) is 0 Å². The monoisotopic (exact) mass is 332 g/mol. The first kappa shape index (κ1) is 14.2. The Morgan fingerprint density at radius 1 is 0.739 bits per heavy atom. The third kappa shape index (κ3) is 3.07. The highest BCUT2D eigenvalue weighted by atomic mass is 32.1. The number of nitrogens with zero attached hydrogens (tertiary/aromatic N) is 1. The predicted octanol–water partition coefficient (Wildman–Crippen LogP) is 6.49. The van der Waals surface area contributed by atoms with Crippen molar-refractivity contribution in [1.29, 1.82) is 0 Å². The molecule has 0 radical (unpaired) electrons. The lowest BCUT2D eigenvalue weighted by Crippen LogP contribution is -1.87. The van der Waals surface area contributed by atoms with Crippen LogP contribution in [-0.4, -0.2) is 4.98 Å². The molecule has 110 valence electrons. The molecule has 4 aromatic rings. The van der Waals surface area contributed by atoms with E-state index in [0.717, 1.165) is 16.3 Å². The van der Waals surface area contributed by atoms with Crippen molar-refractivity contribution in [2.24, 2.45) is 0 Å². The van der Waals surface area contributed by atoms with Crippen LogP contribution in [0.15, 0.2) is 84.2 Å². The second-order valence-electron chi connectivity index (χ2n) is 5.12. The fourth-order valence-electron chi connectivity index (χ4n) is 2.43. The molecule has 2 aromatic heterocycles. The van der Waals surface area contributed by atoms with Crippen LogP contribution in [0.5, 0.6) is 0 Å². The Morgan fingerprint density at radius 3 is 2.09 bits per heavy atom.